The maximum Gasteiger partial charge on any atom is 0.268 e. The van der Waals surface area contributed by atoms with Crippen LogP contribution in [0.15, 0.2) is 42.6 Å². The number of nitrogens with one attached hydrogen (secondary N) is 2. The molecule has 21 heavy (non-hydrogen) atoms. The van der Waals surface area contributed by atoms with Crippen LogP contribution in [0.2, 0.25) is 0 Å². The van der Waals surface area contributed by atoms with Gasteiger partial charge >= 0.3 is 0 Å². The zero-order chi connectivity index (χ0) is 14.8. The van der Waals surface area contributed by atoms with Crippen molar-refractivity contribution in [1.82, 2.24) is 15.3 Å². The van der Waals surface area contributed by atoms with Gasteiger partial charge in [0.05, 0.1) is 12.2 Å². The molecule has 0 saturated carbocycles. The lowest BCUT2D eigenvalue weighted by atomic mass is 10.1. The number of H-pyrrole nitrogens is 1. The molecule has 0 fully saturated rings. The van der Waals surface area contributed by atoms with Gasteiger partial charge in [0.25, 0.3) is 5.91 Å². The van der Waals surface area contributed by atoms with Gasteiger partial charge < -0.3 is 10.3 Å². The predicted octanol–water partition coefficient (Wildman–Crippen LogP) is 3.11. The fraction of sp³-hybridized carbons (Fsp3) is 0.176. The molecule has 1 aromatic carbocycles. The lowest BCUT2D eigenvalue weighted by Crippen LogP contribution is -2.24. The van der Waals surface area contributed by atoms with Gasteiger partial charge in [0.15, 0.2) is 0 Å². The summed E-state index contributed by atoms with van der Waals surface area (Å²) in [5, 5.41) is 3.99. The molecule has 0 aliphatic heterocycles. The van der Waals surface area contributed by atoms with Gasteiger partial charge in [-0.25, -0.2) is 0 Å². The first-order chi connectivity index (χ1) is 10.1. The van der Waals surface area contributed by atoms with E-state index in [1.807, 2.05) is 38.1 Å². The Kier molecular flexibility index (Phi) is 3.44. The fourth-order valence-corrected chi connectivity index (χ4v) is 2.44. The summed E-state index contributed by atoms with van der Waals surface area (Å²) in [6.07, 6.45) is 1.72. The second-order valence-electron chi connectivity index (χ2n) is 5.18. The van der Waals surface area contributed by atoms with Crippen molar-refractivity contribution < 1.29 is 4.79 Å². The Bertz CT molecular complexity index is 790. The van der Waals surface area contributed by atoms with Crippen molar-refractivity contribution in [3.63, 3.8) is 0 Å². The molecule has 0 atom stereocenters. The second-order valence-corrected chi connectivity index (χ2v) is 5.18. The highest BCUT2D eigenvalue weighted by Gasteiger charge is 2.14. The monoisotopic (exact) mass is 279 g/mol. The van der Waals surface area contributed by atoms with Crippen LogP contribution in [-0.4, -0.2) is 15.9 Å². The Labute approximate surface area is 123 Å². The molecule has 0 aliphatic rings. The van der Waals surface area contributed by atoms with E-state index in [4.69, 9.17) is 0 Å². The number of carbonyl (C=O) groups excluding carboxylic acids is 1. The molecule has 1 amide bonds. The van der Waals surface area contributed by atoms with E-state index in [1.54, 1.807) is 6.20 Å². The molecule has 3 aromatic rings. The van der Waals surface area contributed by atoms with Gasteiger partial charge in [0, 0.05) is 17.1 Å². The first kappa shape index (κ1) is 13.4. The van der Waals surface area contributed by atoms with Crippen molar-refractivity contribution in [3.05, 3.63) is 65.1 Å². The van der Waals surface area contributed by atoms with Crippen LogP contribution >= 0.6 is 0 Å². The van der Waals surface area contributed by atoms with Gasteiger partial charge in [-0.3, -0.25) is 9.78 Å². The molecule has 106 valence electrons. The van der Waals surface area contributed by atoms with Gasteiger partial charge in [-0.15, -0.1) is 0 Å². The first-order valence-electron chi connectivity index (χ1n) is 6.92. The number of pyridine rings is 1. The van der Waals surface area contributed by atoms with Crippen molar-refractivity contribution in [3.8, 4) is 0 Å². The van der Waals surface area contributed by atoms with E-state index in [0.29, 0.717) is 12.2 Å². The SMILES string of the molecule is Cc1ccc2c(C)c(C(=O)NCc3ccccn3)[nH]c2c1. The molecule has 0 spiro atoms. The van der Waals surface area contributed by atoms with Crippen LogP contribution in [0, 0.1) is 13.8 Å². The molecule has 0 saturated heterocycles. The zero-order valence-electron chi connectivity index (χ0n) is 12.1. The number of amides is 1. The molecule has 3 rings (SSSR count). The molecule has 2 N–H and O–H groups in total. The summed E-state index contributed by atoms with van der Waals surface area (Å²) in [6.45, 7) is 4.42. The topological polar surface area (TPSA) is 57.8 Å². The van der Waals surface area contributed by atoms with Crippen molar-refractivity contribution in [2.24, 2.45) is 0 Å². The number of benzene rings is 1. The second kappa shape index (κ2) is 5.40. The molecular formula is C17H17N3O. The van der Waals surface area contributed by atoms with Crippen LogP contribution in [0.25, 0.3) is 10.9 Å². The molecule has 2 aromatic heterocycles. The van der Waals surface area contributed by atoms with Crippen LogP contribution in [-0.2, 0) is 6.54 Å². The number of rotatable bonds is 3. The first-order valence-corrected chi connectivity index (χ1v) is 6.92. The molecular weight excluding hydrogens is 262 g/mol. The predicted molar refractivity (Wildman–Crippen MR) is 83.2 cm³/mol. The number of aromatic nitrogens is 2. The minimum absolute atomic E-state index is 0.105. The van der Waals surface area contributed by atoms with E-state index >= 15 is 0 Å². The van der Waals surface area contributed by atoms with Crippen LogP contribution in [0.5, 0.6) is 0 Å². The van der Waals surface area contributed by atoms with Crippen LogP contribution in [0.3, 0.4) is 0 Å². The van der Waals surface area contributed by atoms with Gasteiger partial charge in [-0.1, -0.05) is 18.2 Å². The number of nitrogens with zero attached hydrogens (tertiary/aromatic N) is 1. The van der Waals surface area contributed by atoms with Gasteiger partial charge in [0.2, 0.25) is 0 Å². The fourth-order valence-electron chi connectivity index (χ4n) is 2.44. The lowest BCUT2D eigenvalue weighted by Gasteiger charge is -2.04. The minimum Gasteiger partial charge on any atom is -0.350 e. The standard InChI is InChI=1S/C17H17N3O/c1-11-6-7-14-12(2)16(20-15(14)9-11)17(21)19-10-13-5-3-4-8-18-13/h3-9,20H,10H2,1-2H3,(H,19,21). The van der Waals surface area contributed by atoms with Crippen molar-refractivity contribution in [2.45, 2.75) is 20.4 Å². The van der Waals surface area contributed by atoms with E-state index in [-0.39, 0.29) is 5.91 Å². The molecule has 0 unspecified atom stereocenters. The van der Waals surface area contributed by atoms with Gasteiger partial charge in [-0.05, 0) is 43.2 Å². The number of fused-ring (bicyclic) bond motifs is 1. The van der Waals surface area contributed by atoms with Crippen LogP contribution < -0.4 is 5.32 Å². The zero-order valence-corrected chi connectivity index (χ0v) is 12.1. The summed E-state index contributed by atoms with van der Waals surface area (Å²) in [6, 6.07) is 11.8. The van der Waals surface area contributed by atoms with E-state index < -0.39 is 0 Å². The highest BCUT2D eigenvalue weighted by atomic mass is 16.1. The maximum atomic E-state index is 12.3. The summed E-state index contributed by atoms with van der Waals surface area (Å²) in [7, 11) is 0. The summed E-state index contributed by atoms with van der Waals surface area (Å²) < 4.78 is 0. The lowest BCUT2D eigenvalue weighted by molar-refractivity contribution is 0.0945. The van der Waals surface area contributed by atoms with Crippen molar-refractivity contribution >= 4 is 16.8 Å². The van der Waals surface area contributed by atoms with Crippen molar-refractivity contribution in [1.29, 1.82) is 0 Å². The minimum atomic E-state index is -0.105. The van der Waals surface area contributed by atoms with Gasteiger partial charge in [0.1, 0.15) is 5.69 Å². The Morgan fingerprint density at radius 1 is 1.24 bits per heavy atom. The third-order valence-corrected chi connectivity index (χ3v) is 3.60. The average Bonchev–Trinajstić information content (AvgIpc) is 2.82. The Hall–Kier alpha value is -2.62. The van der Waals surface area contributed by atoms with E-state index in [0.717, 1.165) is 22.2 Å². The van der Waals surface area contributed by atoms with Crippen LogP contribution in [0.1, 0.15) is 27.3 Å². The van der Waals surface area contributed by atoms with E-state index in [1.165, 1.54) is 5.56 Å². The van der Waals surface area contributed by atoms with E-state index in [9.17, 15) is 4.79 Å². The smallest absolute Gasteiger partial charge is 0.268 e. The third kappa shape index (κ3) is 2.65. The number of aromatic amines is 1. The largest absolute Gasteiger partial charge is 0.350 e. The number of hydrogen-bond donors (Lipinski definition) is 2. The Balaban J connectivity index is 1.83. The Morgan fingerprint density at radius 3 is 2.86 bits per heavy atom. The van der Waals surface area contributed by atoms with Crippen molar-refractivity contribution in [2.75, 3.05) is 0 Å². The summed E-state index contributed by atoms with van der Waals surface area (Å²) in [4.78, 5) is 19.7. The number of hydrogen-bond acceptors (Lipinski definition) is 2. The highest BCUT2D eigenvalue weighted by molar-refractivity contribution is 6.00. The molecule has 0 radical (unpaired) electrons. The molecule has 2 heterocycles. The molecule has 0 bridgehead atoms. The molecule has 4 nitrogen and oxygen atoms in total. The van der Waals surface area contributed by atoms with Gasteiger partial charge in [-0.2, -0.15) is 0 Å². The highest BCUT2D eigenvalue weighted by Crippen LogP contribution is 2.22. The molecule has 4 heteroatoms. The van der Waals surface area contributed by atoms with E-state index in [2.05, 4.69) is 27.4 Å². The average molecular weight is 279 g/mol. The summed E-state index contributed by atoms with van der Waals surface area (Å²) in [5.41, 5.74) is 4.60. The quantitative estimate of drug-likeness (QED) is 0.774. The number of aryl methyl sites for hydroxylation is 2. The third-order valence-electron chi connectivity index (χ3n) is 3.60. The summed E-state index contributed by atoms with van der Waals surface area (Å²) >= 11 is 0. The van der Waals surface area contributed by atoms with Crippen LogP contribution in [0.4, 0.5) is 0 Å². The molecule has 0 aliphatic carbocycles. The maximum absolute atomic E-state index is 12.3. The normalized spacial score (nSPS) is 10.8. The Morgan fingerprint density at radius 2 is 2.10 bits per heavy atom. The summed E-state index contributed by atoms with van der Waals surface area (Å²) in [5.74, 6) is -0.105. The number of carbonyl (C=O) groups is 1.